The van der Waals surface area contributed by atoms with Crippen molar-refractivity contribution >= 4 is 0 Å². The first-order valence-electron chi connectivity index (χ1n) is 4.88. The predicted molar refractivity (Wildman–Crippen MR) is 59.7 cm³/mol. The minimum Gasteiger partial charge on any atom is -0.491 e. The van der Waals surface area contributed by atoms with E-state index in [1.54, 1.807) is 0 Å². The lowest BCUT2D eigenvalue weighted by Gasteiger charge is -2.20. The molecule has 2 heteroatoms. The molecule has 0 saturated heterocycles. The summed E-state index contributed by atoms with van der Waals surface area (Å²) in [5, 5.41) is 0. The number of aryl methyl sites for hydroxylation is 2. The largest absolute Gasteiger partial charge is 0.491 e. The summed E-state index contributed by atoms with van der Waals surface area (Å²) in [6, 6.07) is 6.13. The van der Waals surface area contributed by atoms with Crippen LogP contribution in [0.5, 0.6) is 5.75 Å². The second-order valence-electron chi connectivity index (χ2n) is 4.50. The Hall–Kier alpha value is -1.02. The van der Waals surface area contributed by atoms with Crippen molar-refractivity contribution < 1.29 is 4.74 Å². The van der Waals surface area contributed by atoms with E-state index in [4.69, 9.17) is 10.5 Å². The van der Waals surface area contributed by atoms with Gasteiger partial charge in [0.25, 0.3) is 0 Å². The summed E-state index contributed by atoms with van der Waals surface area (Å²) in [6.07, 6.45) is 0. The van der Waals surface area contributed by atoms with E-state index in [1.807, 2.05) is 45.9 Å². The molecule has 0 aliphatic carbocycles. The highest BCUT2D eigenvalue weighted by Gasteiger charge is 2.13. The molecule has 14 heavy (non-hydrogen) atoms. The van der Waals surface area contributed by atoms with E-state index >= 15 is 0 Å². The Morgan fingerprint density at radius 2 is 1.71 bits per heavy atom. The lowest BCUT2D eigenvalue weighted by atomic mass is 10.1. The van der Waals surface area contributed by atoms with Crippen LogP contribution in [-0.4, -0.2) is 12.1 Å². The van der Waals surface area contributed by atoms with Crippen LogP contribution in [0.25, 0.3) is 0 Å². The molecule has 0 heterocycles. The molecule has 2 N–H and O–H groups in total. The molecular formula is C12H19NO. The van der Waals surface area contributed by atoms with Gasteiger partial charge in [-0.1, -0.05) is 18.2 Å². The second kappa shape index (κ2) is 4.01. The van der Waals surface area contributed by atoms with E-state index < -0.39 is 0 Å². The highest BCUT2D eigenvalue weighted by molar-refractivity contribution is 5.39. The minimum atomic E-state index is -0.283. The highest BCUT2D eigenvalue weighted by atomic mass is 16.5. The van der Waals surface area contributed by atoms with E-state index in [2.05, 4.69) is 0 Å². The Kier molecular flexibility index (Phi) is 3.17. The highest BCUT2D eigenvalue weighted by Crippen LogP contribution is 2.22. The fraction of sp³-hybridized carbons (Fsp3) is 0.500. The molecule has 0 spiro atoms. The monoisotopic (exact) mass is 193 g/mol. The fourth-order valence-corrected chi connectivity index (χ4v) is 1.29. The van der Waals surface area contributed by atoms with Crippen molar-refractivity contribution in [3.63, 3.8) is 0 Å². The molecule has 0 aliphatic heterocycles. The molecule has 0 aromatic heterocycles. The van der Waals surface area contributed by atoms with Crippen molar-refractivity contribution in [3.05, 3.63) is 29.3 Å². The summed E-state index contributed by atoms with van der Waals surface area (Å²) in [4.78, 5) is 0. The molecule has 0 bridgehead atoms. The van der Waals surface area contributed by atoms with Gasteiger partial charge in [0.1, 0.15) is 12.4 Å². The van der Waals surface area contributed by atoms with E-state index in [9.17, 15) is 0 Å². The Morgan fingerprint density at radius 1 is 1.21 bits per heavy atom. The van der Waals surface area contributed by atoms with Crippen LogP contribution in [0, 0.1) is 13.8 Å². The zero-order valence-electron chi connectivity index (χ0n) is 9.42. The smallest absolute Gasteiger partial charge is 0.125 e. The molecule has 1 rings (SSSR count). The third-order valence-corrected chi connectivity index (χ3v) is 2.00. The van der Waals surface area contributed by atoms with Crippen molar-refractivity contribution in [2.45, 2.75) is 33.2 Å². The van der Waals surface area contributed by atoms with Gasteiger partial charge in [-0.3, -0.25) is 0 Å². The standard InChI is InChI=1S/C12H19NO/c1-9-6-5-7-10(2)11(9)14-8-12(3,4)13/h5-7H,8,13H2,1-4H3. The average molecular weight is 193 g/mol. The van der Waals surface area contributed by atoms with Crippen molar-refractivity contribution in [2.75, 3.05) is 6.61 Å². The molecule has 0 amide bonds. The number of ether oxygens (including phenoxy) is 1. The van der Waals surface area contributed by atoms with Crippen molar-refractivity contribution in [3.8, 4) is 5.75 Å². The van der Waals surface area contributed by atoms with E-state index in [-0.39, 0.29) is 5.54 Å². The first kappa shape index (κ1) is 11.1. The quantitative estimate of drug-likeness (QED) is 0.800. The first-order valence-corrected chi connectivity index (χ1v) is 4.88. The molecule has 0 radical (unpaired) electrons. The fourth-order valence-electron chi connectivity index (χ4n) is 1.29. The summed E-state index contributed by atoms with van der Waals surface area (Å²) in [5.74, 6) is 0.964. The van der Waals surface area contributed by atoms with E-state index in [0.717, 1.165) is 16.9 Å². The third kappa shape index (κ3) is 3.04. The summed E-state index contributed by atoms with van der Waals surface area (Å²) in [6.45, 7) is 8.55. The normalized spacial score (nSPS) is 11.5. The van der Waals surface area contributed by atoms with Gasteiger partial charge in [0.05, 0.1) is 0 Å². The summed E-state index contributed by atoms with van der Waals surface area (Å²) >= 11 is 0. The van der Waals surface area contributed by atoms with E-state index in [0.29, 0.717) is 6.61 Å². The number of hydrogen-bond donors (Lipinski definition) is 1. The van der Waals surface area contributed by atoms with Crippen LogP contribution in [0.1, 0.15) is 25.0 Å². The van der Waals surface area contributed by atoms with Crippen LogP contribution in [0.2, 0.25) is 0 Å². The lowest BCUT2D eigenvalue weighted by Crippen LogP contribution is -2.38. The average Bonchev–Trinajstić information content (AvgIpc) is 2.01. The van der Waals surface area contributed by atoms with Crippen molar-refractivity contribution in [1.29, 1.82) is 0 Å². The third-order valence-electron chi connectivity index (χ3n) is 2.00. The SMILES string of the molecule is Cc1cccc(C)c1OCC(C)(C)N. The molecule has 0 aliphatic rings. The summed E-state index contributed by atoms with van der Waals surface area (Å²) in [7, 11) is 0. The Morgan fingerprint density at radius 3 is 2.14 bits per heavy atom. The molecule has 0 unspecified atom stereocenters. The summed E-state index contributed by atoms with van der Waals surface area (Å²) in [5.41, 5.74) is 7.90. The van der Waals surface area contributed by atoms with Gasteiger partial charge in [0, 0.05) is 5.54 Å². The van der Waals surface area contributed by atoms with Gasteiger partial charge in [-0.25, -0.2) is 0 Å². The second-order valence-corrected chi connectivity index (χ2v) is 4.50. The Balaban J connectivity index is 2.77. The number of hydrogen-bond acceptors (Lipinski definition) is 2. The Labute approximate surface area is 86.1 Å². The van der Waals surface area contributed by atoms with Gasteiger partial charge in [-0.2, -0.15) is 0 Å². The number of rotatable bonds is 3. The zero-order valence-corrected chi connectivity index (χ0v) is 9.42. The predicted octanol–water partition coefficient (Wildman–Crippen LogP) is 2.42. The lowest BCUT2D eigenvalue weighted by molar-refractivity contribution is 0.240. The van der Waals surface area contributed by atoms with Crippen LogP contribution in [-0.2, 0) is 0 Å². The maximum Gasteiger partial charge on any atom is 0.125 e. The minimum absolute atomic E-state index is 0.283. The molecule has 0 saturated carbocycles. The maximum absolute atomic E-state index is 5.86. The Bertz CT molecular complexity index is 292. The molecule has 1 aromatic rings. The van der Waals surface area contributed by atoms with Crippen LogP contribution in [0.15, 0.2) is 18.2 Å². The van der Waals surface area contributed by atoms with Gasteiger partial charge in [-0.05, 0) is 38.8 Å². The maximum atomic E-state index is 5.86. The topological polar surface area (TPSA) is 35.2 Å². The van der Waals surface area contributed by atoms with Crippen LogP contribution in [0.3, 0.4) is 0 Å². The van der Waals surface area contributed by atoms with Crippen LogP contribution >= 0.6 is 0 Å². The molecule has 78 valence electrons. The van der Waals surface area contributed by atoms with Gasteiger partial charge in [-0.15, -0.1) is 0 Å². The van der Waals surface area contributed by atoms with Crippen LogP contribution < -0.4 is 10.5 Å². The molecule has 0 atom stereocenters. The number of para-hydroxylation sites is 1. The van der Waals surface area contributed by atoms with Gasteiger partial charge < -0.3 is 10.5 Å². The first-order chi connectivity index (χ1) is 6.40. The van der Waals surface area contributed by atoms with Gasteiger partial charge >= 0.3 is 0 Å². The zero-order chi connectivity index (χ0) is 10.8. The number of nitrogens with two attached hydrogens (primary N) is 1. The van der Waals surface area contributed by atoms with Crippen molar-refractivity contribution in [2.24, 2.45) is 5.73 Å². The molecular weight excluding hydrogens is 174 g/mol. The van der Waals surface area contributed by atoms with Gasteiger partial charge in [0.15, 0.2) is 0 Å². The van der Waals surface area contributed by atoms with Gasteiger partial charge in [0.2, 0.25) is 0 Å². The number of benzene rings is 1. The molecule has 2 nitrogen and oxygen atoms in total. The van der Waals surface area contributed by atoms with Crippen LogP contribution in [0.4, 0.5) is 0 Å². The molecule has 0 fully saturated rings. The summed E-state index contributed by atoms with van der Waals surface area (Å²) < 4.78 is 5.71. The van der Waals surface area contributed by atoms with Crippen molar-refractivity contribution in [1.82, 2.24) is 0 Å². The molecule has 1 aromatic carbocycles. The van der Waals surface area contributed by atoms with E-state index in [1.165, 1.54) is 0 Å².